The Labute approximate surface area is 273 Å². The topological polar surface area (TPSA) is 86.8 Å². The summed E-state index contributed by atoms with van der Waals surface area (Å²) in [5, 5.41) is 3.24. The van der Waals surface area contributed by atoms with Crippen LogP contribution in [-0.4, -0.2) is 43.8 Å². The van der Waals surface area contributed by atoms with Crippen LogP contribution < -0.4 is 9.62 Å². The highest BCUT2D eigenvalue weighted by molar-refractivity contribution is 7.92. The van der Waals surface area contributed by atoms with Crippen LogP contribution in [0.15, 0.2) is 108 Å². The van der Waals surface area contributed by atoms with Crippen LogP contribution in [0.3, 0.4) is 0 Å². The number of benzene rings is 4. The van der Waals surface area contributed by atoms with E-state index < -0.39 is 40.2 Å². The van der Waals surface area contributed by atoms with Gasteiger partial charge in [0.25, 0.3) is 10.0 Å². The van der Waals surface area contributed by atoms with E-state index in [2.05, 4.69) is 5.32 Å². The Hall–Kier alpha value is -3.92. The number of hydrogen-bond acceptors (Lipinski definition) is 4. The number of halogens is 3. The van der Waals surface area contributed by atoms with E-state index in [1.807, 2.05) is 44.2 Å². The molecule has 11 heteroatoms. The second-order valence-corrected chi connectivity index (χ2v) is 13.2. The lowest BCUT2D eigenvalue weighted by molar-refractivity contribution is -0.140. The Morgan fingerprint density at radius 1 is 0.867 bits per heavy atom. The standard InChI is InChI=1S/C34H34Cl2FN3O4S/c1-3-24(2)38-34(42)32(20-25-12-6-4-7-13-25)39(22-26-14-10-11-17-31(26)37)33(41)23-40(27-18-19-29(35)30(36)21-27)45(43,44)28-15-8-5-9-16-28/h4-19,21,24,32H,3,20,22-23H2,1-2H3,(H,38,42)/t24-,32-/m1/s1. The first-order valence-corrected chi connectivity index (χ1v) is 16.6. The summed E-state index contributed by atoms with van der Waals surface area (Å²) in [6.07, 6.45) is 0.757. The van der Waals surface area contributed by atoms with Crippen molar-refractivity contribution in [3.8, 4) is 0 Å². The van der Waals surface area contributed by atoms with E-state index in [1.54, 1.807) is 24.3 Å². The minimum Gasteiger partial charge on any atom is -0.352 e. The first-order valence-electron chi connectivity index (χ1n) is 14.4. The van der Waals surface area contributed by atoms with E-state index in [1.165, 1.54) is 53.4 Å². The van der Waals surface area contributed by atoms with Crippen molar-refractivity contribution in [3.63, 3.8) is 0 Å². The summed E-state index contributed by atoms with van der Waals surface area (Å²) in [6, 6.07) is 25.7. The highest BCUT2D eigenvalue weighted by Crippen LogP contribution is 2.31. The van der Waals surface area contributed by atoms with Gasteiger partial charge in [0.1, 0.15) is 18.4 Å². The molecule has 0 aliphatic rings. The lowest BCUT2D eigenvalue weighted by Crippen LogP contribution is -2.54. The zero-order valence-electron chi connectivity index (χ0n) is 24.9. The average Bonchev–Trinajstić information content (AvgIpc) is 3.04. The monoisotopic (exact) mass is 669 g/mol. The molecule has 0 aliphatic heterocycles. The van der Waals surface area contributed by atoms with Gasteiger partial charge in [0, 0.05) is 24.6 Å². The Morgan fingerprint density at radius 2 is 1.49 bits per heavy atom. The summed E-state index contributed by atoms with van der Waals surface area (Å²) in [4.78, 5) is 29.4. The molecule has 0 saturated carbocycles. The van der Waals surface area contributed by atoms with Gasteiger partial charge < -0.3 is 10.2 Å². The lowest BCUT2D eigenvalue weighted by atomic mass is 10.0. The Bertz CT molecular complexity index is 1730. The van der Waals surface area contributed by atoms with Gasteiger partial charge >= 0.3 is 0 Å². The van der Waals surface area contributed by atoms with Gasteiger partial charge in [0.15, 0.2) is 0 Å². The molecule has 7 nitrogen and oxygen atoms in total. The SMILES string of the molecule is CC[C@@H](C)NC(=O)[C@@H](Cc1ccccc1)N(Cc1ccccc1F)C(=O)CN(c1ccc(Cl)c(Cl)c1)S(=O)(=O)c1ccccc1. The van der Waals surface area contributed by atoms with Crippen LogP contribution in [0.4, 0.5) is 10.1 Å². The highest BCUT2D eigenvalue weighted by Gasteiger charge is 2.35. The highest BCUT2D eigenvalue weighted by atomic mass is 35.5. The van der Waals surface area contributed by atoms with Gasteiger partial charge in [-0.15, -0.1) is 0 Å². The molecule has 2 atom stereocenters. The molecule has 45 heavy (non-hydrogen) atoms. The summed E-state index contributed by atoms with van der Waals surface area (Å²) in [6.45, 7) is 2.78. The van der Waals surface area contributed by atoms with Gasteiger partial charge in [-0.05, 0) is 55.3 Å². The normalized spacial score (nSPS) is 12.6. The number of hydrogen-bond donors (Lipinski definition) is 1. The molecule has 4 aromatic rings. The van der Waals surface area contributed by atoms with Crippen LogP contribution >= 0.6 is 23.2 Å². The van der Waals surface area contributed by atoms with Crippen LogP contribution in [0.1, 0.15) is 31.4 Å². The zero-order valence-corrected chi connectivity index (χ0v) is 27.2. The van der Waals surface area contributed by atoms with Gasteiger partial charge in [0.2, 0.25) is 11.8 Å². The summed E-state index contributed by atoms with van der Waals surface area (Å²) < 4.78 is 44.0. The maximum atomic E-state index is 15.0. The molecule has 0 radical (unpaired) electrons. The van der Waals surface area contributed by atoms with Gasteiger partial charge in [-0.3, -0.25) is 13.9 Å². The van der Waals surface area contributed by atoms with Crippen molar-refractivity contribution in [1.29, 1.82) is 0 Å². The molecule has 4 aromatic carbocycles. The molecule has 2 amide bonds. The molecule has 0 fully saturated rings. The quantitative estimate of drug-likeness (QED) is 0.168. The maximum absolute atomic E-state index is 15.0. The van der Waals surface area contributed by atoms with E-state index in [9.17, 15) is 18.0 Å². The van der Waals surface area contributed by atoms with E-state index in [0.29, 0.717) is 6.42 Å². The summed E-state index contributed by atoms with van der Waals surface area (Å²) in [5.74, 6) is -1.72. The Morgan fingerprint density at radius 3 is 2.11 bits per heavy atom. The molecule has 236 valence electrons. The van der Waals surface area contributed by atoms with Crippen molar-refractivity contribution < 1.29 is 22.4 Å². The lowest BCUT2D eigenvalue weighted by Gasteiger charge is -2.34. The molecule has 0 spiro atoms. The first kappa shape index (κ1) is 34.0. The summed E-state index contributed by atoms with van der Waals surface area (Å²) in [5.41, 5.74) is 1.04. The second kappa shape index (κ2) is 15.4. The van der Waals surface area contributed by atoms with Crippen molar-refractivity contribution in [3.05, 3.63) is 130 Å². The predicted molar refractivity (Wildman–Crippen MR) is 176 cm³/mol. The smallest absolute Gasteiger partial charge is 0.264 e. The molecule has 0 heterocycles. The zero-order chi connectivity index (χ0) is 32.6. The number of sulfonamides is 1. The van der Waals surface area contributed by atoms with Crippen molar-refractivity contribution in [1.82, 2.24) is 10.2 Å². The molecule has 0 aromatic heterocycles. The van der Waals surface area contributed by atoms with E-state index >= 15 is 4.39 Å². The summed E-state index contributed by atoms with van der Waals surface area (Å²) in [7, 11) is -4.31. The molecule has 0 bridgehead atoms. The van der Waals surface area contributed by atoms with Crippen LogP contribution in [0, 0.1) is 5.82 Å². The van der Waals surface area contributed by atoms with Crippen LogP contribution in [-0.2, 0) is 32.6 Å². The van der Waals surface area contributed by atoms with Crippen molar-refractivity contribution in [2.45, 2.75) is 50.2 Å². The van der Waals surface area contributed by atoms with Gasteiger partial charge in [-0.1, -0.05) is 96.9 Å². The number of amides is 2. The summed E-state index contributed by atoms with van der Waals surface area (Å²) >= 11 is 12.4. The minimum absolute atomic E-state index is 0.0557. The molecular formula is C34H34Cl2FN3O4S. The molecule has 0 saturated heterocycles. The van der Waals surface area contributed by atoms with Crippen molar-refractivity contribution >= 4 is 50.7 Å². The first-order chi connectivity index (χ1) is 21.5. The van der Waals surface area contributed by atoms with Crippen LogP contribution in [0.25, 0.3) is 0 Å². The van der Waals surface area contributed by atoms with Gasteiger partial charge in [-0.2, -0.15) is 0 Å². The van der Waals surface area contributed by atoms with E-state index in [0.717, 1.165) is 9.87 Å². The molecule has 0 unspecified atom stereocenters. The number of rotatable bonds is 13. The number of nitrogens with one attached hydrogen (secondary N) is 1. The molecular weight excluding hydrogens is 636 g/mol. The van der Waals surface area contributed by atoms with Crippen molar-refractivity contribution in [2.24, 2.45) is 0 Å². The number of carbonyl (C=O) groups is 2. The predicted octanol–water partition coefficient (Wildman–Crippen LogP) is 6.88. The molecule has 1 N–H and O–H groups in total. The fourth-order valence-electron chi connectivity index (χ4n) is 4.69. The number of carbonyl (C=O) groups excluding carboxylic acids is 2. The Balaban J connectivity index is 1.83. The third-order valence-electron chi connectivity index (χ3n) is 7.37. The van der Waals surface area contributed by atoms with Gasteiger partial charge in [0.05, 0.1) is 20.6 Å². The van der Waals surface area contributed by atoms with Crippen LogP contribution in [0.2, 0.25) is 10.0 Å². The molecule has 4 rings (SSSR count). The molecule has 0 aliphatic carbocycles. The van der Waals surface area contributed by atoms with Gasteiger partial charge in [-0.25, -0.2) is 12.8 Å². The van der Waals surface area contributed by atoms with E-state index in [-0.39, 0.29) is 45.2 Å². The largest absolute Gasteiger partial charge is 0.352 e. The number of anilines is 1. The maximum Gasteiger partial charge on any atom is 0.264 e. The van der Waals surface area contributed by atoms with Crippen LogP contribution in [0.5, 0.6) is 0 Å². The fraction of sp³-hybridized carbons (Fsp3) is 0.235. The number of nitrogens with zero attached hydrogens (tertiary/aromatic N) is 2. The fourth-order valence-corrected chi connectivity index (χ4v) is 6.41. The third kappa shape index (κ3) is 8.63. The second-order valence-electron chi connectivity index (χ2n) is 10.6. The Kier molecular flexibility index (Phi) is 11.6. The van der Waals surface area contributed by atoms with Crippen molar-refractivity contribution in [2.75, 3.05) is 10.8 Å². The average molecular weight is 671 g/mol. The van der Waals surface area contributed by atoms with E-state index in [4.69, 9.17) is 23.2 Å². The minimum atomic E-state index is -4.31. The third-order valence-corrected chi connectivity index (χ3v) is 9.90.